The zero-order chi connectivity index (χ0) is 24.3. The molecule has 178 valence electrons. The molecule has 0 aliphatic carbocycles. The maximum Gasteiger partial charge on any atom is 0.508 e. The number of hydrogen-bond acceptors (Lipinski definition) is 11. The van der Waals surface area contributed by atoms with Gasteiger partial charge in [0.2, 0.25) is 5.60 Å². The van der Waals surface area contributed by atoms with Crippen LogP contribution in [0.4, 0.5) is 10.6 Å². The number of nitriles is 1. The molecule has 4 N–H and O–H groups in total. The van der Waals surface area contributed by atoms with Crippen molar-refractivity contribution in [3.63, 3.8) is 0 Å². The Hall–Kier alpha value is -3.92. The van der Waals surface area contributed by atoms with Crippen molar-refractivity contribution in [2.45, 2.75) is 30.3 Å². The molecule has 12 heteroatoms. The zero-order valence-electron chi connectivity index (χ0n) is 18.2. The van der Waals surface area contributed by atoms with E-state index in [4.69, 9.17) is 24.7 Å². The number of nitrogens with two attached hydrogens (primary N) is 1. The van der Waals surface area contributed by atoms with Crippen molar-refractivity contribution >= 4 is 17.5 Å². The normalized spacial score (nSPS) is 24.0. The number of nitrogen functional groups attached to an aromatic ring is 1. The molecule has 34 heavy (non-hydrogen) atoms. The van der Waals surface area contributed by atoms with Crippen molar-refractivity contribution in [2.24, 2.45) is 0 Å². The largest absolute Gasteiger partial charge is 0.508 e. The number of benzene rings is 1. The first kappa shape index (κ1) is 23.2. The summed E-state index contributed by atoms with van der Waals surface area (Å²) in [5.74, 6) is 0.888. The second kappa shape index (κ2) is 9.52. The Morgan fingerprint density at radius 1 is 1.26 bits per heavy atom. The first-order chi connectivity index (χ1) is 16.4. The molecule has 0 saturated carbocycles. The van der Waals surface area contributed by atoms with Crippen LogP contribution in [0.15, 0.2) is 42.7 Å². The van der Waals surface area contributed by atoms with Crippen molar-refractivity contribution in [2.75, 3.05) is 26.1 Å². The van der Waals surface area contributed by atoms with Gasteiger partial charge in [-0.1, -0.05) is 12.1 Å². The minimum atomic E-state index is -1.97. The molecule has 0 amide bonds. The monoisotopic (exact) mass is 469 g/mol. The lowest BCUT2D eigenvalue weighted by Crippen LogP contribution is -2.41. The third-order valence-corrected chi connectivity index (χ3v) is 5.62. The number of hydrogen-bond donors (Lipinski definition) is 3. The van der Waals surface area contributed by atoms with Crippen molar-refractivity contribution < 1.29 is 34.0 Å². The lowest BCUT2D eigenvalue weighted by molar-refractivity contribution is -0.0719. The minimum Gasteiger partial charge on any atom is -0.497 e. The van der Waals surface area contributed by atoms with Crippen molar-refractivity contribution in [3.8, 4) is 11.8 Å². The second-order valence-corrected chi connectivity index (χ2v) is 7.61. The summed E-state index contributed by atoms with van der Waals surface area (Å²) in [6.45, 7) is -0.370. The number of ether oxygens (including phenoxy) is 4. The van der Waals surface area contributed by atoms with Crippen LogP contribution in [0.5, 0.6) is 5.75 Å². The first-order valence-corrected chi connectivity index (χ1v) is 10.4. The molecule has 1 fully saturated rings. The molecule has 3 heterocycles. The van der Waals surface area contributed by atoms with Crippen LogP contribution < -0.4 is 10.5 Å². The molecule has 1 aromatic carbocycles. The van der Waals surface area contributed by atoms with E-state index in [0.29, 0.717) is 11.9 Å². The highest BCUT2D eigenvalue weighted by atomic mass is 16.7. The SMILES string of the molecule is COc1ccc(CCOC(=O)OC[C@H]2O[C@@](C#N)(c3ccc4c(N)ncnn34)[C@H](O)[C@@H]2O)cc1. The summed E-state index contributed by atoms with van der Waals surface area (Å²) < 4.78 is 22.2. The van der Waals surface area contributed by atoms with E-state index >= 15 is 0 Å². The smallest absolute Gasteiger partial charge is 0.497 e. The van der Waals surface area contributed by atoms with Crippen LogP contribution >= 0.6 is 0 Å². The van der Waals surface area contributed by atoms with Gasteiger partial charge in [-0.2, -0.15) is 10.4 Å². The van der Waals surface area contributed by atoms with Gasteiger partial charge >= 0.3 is 6.16 Å². The molecular formula is C22H23N5O7. The number of aliphatic hydroxyl groups is 2. The first-order valence-electron chi connectivity index (χ1n) is 10.4. The Bertz CT molecular complexity index is 1210. The number of nitrogens with zero attached hydrogens (tertiary/aromatic N) is 4. The Morgan fingerprint density at radius 3 is 2.74 bits per heavy atom. The van der Waals surface area contributed by atoms with Crippen LogP contribution in [0.2, 0.25) is 0 Å². The molecule has 12 nitrogen and oxygen atoms in total. The molecule has 4 atom stereocenters. The van der Waals surface area contributed by atoms with E-state index in [2.05, 4.69) is 10.1 Å². The van der Waals surface area contributed by atoms with E-state index in [9.17, 15) is 20.3 Å². The standard InChI is InChI=1S/C22H23N5O7/c1-31-14-4-2-13(3-5-14)8-9-32-21(30)33-10-16-18(28)19(29)22(11-23,34-16)17-7-6-15-20(24)25-12-26-27(15)17/h2-7,12,16,18-19,28-29H,8-10H2,1H3,(H2,24,25,26)/t16-,18-,19-,22+/m1/s1. The molecule has 1 aliphatic rings. The third-order valence-electron chi connectivity index (χ3n) is 5.62. The molecule has 0 unspecified atom stereocenters. The summed E-state index contributed by atoms with van der Waals surface area (Å²) in [5.41, 5.74) is 5.34. The highest BCUT2D eigenvalue weighted by Crippen LogP contribution is 2.40. The molecule has 4 rings (SSSR count). The van der Waals surface area contributed by atoms with Gasteiger partial charge in [0, 0.05) is 6.42 Å². The minimum absolute atomic E-state index is 0.0707. The molecule has 0 spiro atoms. The average Bonchev–Trinajstić information content (AvgIpc) is 3.39. The van der Waals surface area contributed by atoms with Crippen molar-refractivity contribution in [3.05, 3.63) is 54.0 Å². The van der Waals surface area contributed by atoms with Crippen LogP contribution in [-0.4, -0.2) is 69.6 Å². The van der Waals surface area contributed by atoms with E-state index in [0.717, 1.165) is 11.3 Å². The van der Waals surface area contributed by atoms with Crippen molar-refractivity contribution in [1.82, 2.24) is 14.6 Å². The van der Waals surface area contributed by atoms with E-state index in [-0.39, 0.29) is 18.1 Å². The number of anilines is 1. The van der Waals surface area contributed by atoms with Crippen LogP contribution in [0.1, 0.15) is 11.3 Å². The summed E-state index contributed by atoms with van der Waals surface area (Å²) in [4.78, 5) is 15.9. The highest BCUT2D eigenvalue weighted by molar-refractivity contribution is 5.66. The van der Waals surface area contributed by atoms with Gasteiger partial charge in [-0.3, -0.25) is 0 Å². The quantitative estimate of drug-likeness (QED) is 0.412. The van der Waals surface area contributed by atoms with E-state index in [1.165, 1.54) is 16.9 Å². The van der Waals surface area contributed by atoms with Crippen LogP contribution in [-0.2, 0) is 26.2 Å². The second-order valence-electron chi connectivity index (χ2n) is 7.61. The maximum atomic E-state index is 12.0. The van der Waals surface area contributed by atoms with Crippen LogP contribution in [0.3, 0.4) is 0 Å². The Kier molecular flexibility index (Phi) is 6.51. The van der Waals surface area contributed by atoms with Crippen molar-refractivity contribution in [1.29, 1.82) is 5.26 Å². The molecule has 1 saturated heterocycles. The fourth-order valence-electron chi connectivity index (χ4n) is 3.79. The summed E-state index contributed by atoms with van der Waals surface area (Å²) in [5, 5.41) is 35.1. The Labute approximate surface area is 194 Å². The predicted octanol–water partition coefficient (Wildman–Crippen LogP) is 0.555. The Morgan fingerprint density at radius 2 is 2.03 bits per heavy atom. The van der Waals surface area contributed by atoms with E-state index in [1.54, 1.807) is 25.3 Å². The number of carbonyl (C=O) groups is 1. The van der Waals surface area contributed by atoms with Gasteiger partial charge in [-0.25, -0.2) is 14.3 Å². The number of carbonyl (C=O) groups excluding carboxylic acids is 1. The fourth-order valence-corrected chi connectivity index (χ4v) is 3.79. The van der Waals surface area contributed by atoms with Gasteiger partial charge in [0.05, 0.1) is 19.4 Å². The molecule has 0 radical (unpaired) electrons. The number of aliphatic hydroxyl groups excluding tert-OH is 2. The summed E-state index contributed by atoms with van der Waals surface area (Å²) in [6, 6.07) is 12.3. The fraction of sp³-hybridized carbons (Fsp3) is 0.364. The van der Waals surface area contributed by atoms with Crippen LogP contribution in [0.25, 0.3) is 5.52 Å². The number of rotatable bonds is 7. The van der Waals surface area contributed by atoms with Gasteiger partial charge < -0.3 is 34.9 Å². The number of methoxy groups -OCH3 is 1. The molecule has 3 aromatic rings. The van der Waals surface area contributed by atoms with E-state index in [1.807, 2.05) is 18.2 Å². The van der Waals surface area contributed by atoms with Gasteiger partial charge in [-0.05, 0) is 29.8 Å². The van der Waals surface area contributed by atoms with Gasteiger partial charge in [-0.15, -0.1) is 0 Å². The van der Waals surface area contributed by atoms with Gasteiger partial charge in [0.1, 0.15) is 48.6 Å². The van der Waals surface area contributed by atoms with Gasteiger partial charge in [0.15, 0.2) is 5.82 Å². The Balaban J connectivity index is 1.37. The van der Waals surface area contributed by atoms with E-state index < -0.39 is 36.7 Å². The average molecular weight is 469 g/mol. The summed E-state index contributed by atoms with van der Waals surface area (Å²) in [6.07, 6.45) is -3.67. The molecular weight excluding hydrogens is 446 g/mol. The van der Waals surface area contributed by atoms with Gasteiger partial charge in [0.25, 0.3) is 0 Å². The lowest BCUT2D eigenvalue weighted by Gasteiger charge is -2.24. The number of fused-ring (bicyclic) bond motifs is 1. The molecule has 0 bridgehead atoms. The maximum absolute atomic E-state index is 12.0. The third kappa shape index (κ3) is 4.19. The molecule has 2 aromatic heterocycles. The summed E-state index contributed by atoms with van der Waals surface area (Å²) >= 11 is 0. The topological polar surface area (TPSA) is 174 Å². The lowest BCUT2D eigenvalue weighted by atomic mass is 9.92. The molecule has 1 aliphatic heterocycles. The predicted molar refractivity (Wildman–Crippen MR) is 116 cm³/mol. The number of aromatic nitrogens is 3. The zero-order valence-corrected chi connectivity index (χ0v) is 18.2. The van der Waals surface area contributed by atoms with Crippen LogP contribution in [0, 0.1) is 11.3 Å². The highest BCUT2D eigenvalue weighted by Gasteiger charge is 2.57. The summed E-state index contributed by atoms with van der Waals surface area (Å²) in [7, 11) is 1.57.